The molecule has 1 fully saturated rings. The Morgan fingerprint density at radius 2 is 2.05 bits per heavy atom. The van der Waals surface area contributed by atoms with Gasteiger partial charge in [0.15, 0.2) is 6.10 Å². The molecule has 0 spiro atoms. The molecule has 6 heteroatoms. The third kappa shape index (κ3) is 2.51. The largest absolute Gasteiger partial charge is 0.455 e. The minimum Gasteiger partial charge on any atom is -0.455 e. The van der Waals surface area contributed by atoms with Crippen molar-refractivity contribution in [1.82, 2.24) is 4.90 Å². The lowest BCUT2D eigenvalue weighted by molar-refractivity contribution is -0.166. The van der Waals surface area contributed by atoms with E-state index in [1.54, 1.807) is 11.8 Å². The summed E-state index contributed by atoms with van der Waals surface area (Å²) >= 11 is 1.61. The fourth-order valence-electron chi connectivity index (χ4n) is 2.14. The Kier molecular flexibility index (Phi) is 3.66. The van der Waals surface area contributed by atoms with Gasteiger partial charge in [-0.25, -0.2) is 4.79 Å². The number of ether oxygens (including phenoxy) is 2. The van der Waals surface area contributed by atoms with Gasteiger partial charge in [0.25, 0.3) is 5.91 Å². The number of β-lactam (4-membered cyclic amide) rings is 1. The summed E-state index contributed by atoms with van der Waals surface area (Å²) < 4.78 is 10.5. The van der Waals surface area contributed by atoms with E-state index in [1.165, 1.54) is 12.0 Å². The number of carbonyl (C=O) groups excluding carboxylic acids is 2. The summed E-state index contributed by atoms with van der Waals surface area (Å²) in [5.41, 5.74) is 0.689. The molecule has 2 atom stereocenters. The molecule has 19 heavy (non-hydrogen) atoms. The summed E-state index contributed by atoms with van der Waals surface area (Å²) in [5.74, 6) is 0.112. The van der Waals surface area contributed by atoms with Crippen LogP contribution in [0.5, 0.6) is 0 Å². The van der Waals surface area contributed by atoms with Gasteiger partial charge in [-0.3, -0.25) is 9.69 Å². The van der Waals surface area contributed by atoms with Gasteiger partial charge < -0.3 is 9.47 Å². The molecular formula is C13H19NO4S. The Bertz CT molecular complexity index is 452. The van der Waals surface area contributed by atoms with Gasteiger partial charge in [-0.05, 0) is 33.3 Å². The quantitative estimate of drug-likeness (QED) is 0.569. The Morgan fingerprint density at radius 3 is 2.58 bits per heavy atom. The Morgan fingerprint density at radius 1 is 1.42 bits per heavy atom. The van der Waals surface area contributed by atoms with Gasteiger partial charge in [-0.15, -0.1) is 11.8 Å². The average Bonchev–Trinajstić information content (AvgIpc) is 2.27. The van der Waals surface area contributed by atoms with Crippen LogP contribution >= 0.6 is 11.8 Å². The molecule has 5 nitrogen and oxygen atoms in total. The molecule has 2 aliphatic rings. The Hall–Kier alpha value is -1.01. The van der Waals surface area contributed by atoms with Crippen molar-refractivity contribution < 1.29 is 19.1 Å². The highest BCUT2D eigenvalue weighted by Crippen LogP contribution is 2.41. The molecule has 1 unspecified atom stereocenters. The maximum absolute atomic E-state index is 12.2. The van der Waals surface area contributed by atoms with E-state index in [0.29, 0.717) is 11.4 Å². The number of carbonyl (C=O) groups is 2. The van der Waals surface area contributed by atoms with Crippen LogP contribution in [0.2, 0.25) is 0 Å². The average molecular weight is 285 g/mol. The summed E-state index contributed by atoms with van der Waals surface area (Å²) in [5, 5.41) is -0.108. The van der Waals surface area contributed by atoms with Crippen molar-refractivity contribution >= 4 is 23.6 Å². The van der Waals surface area contributed by atoms with Crippen LogP contribution in [-0.4, -0.2) is 46.7 Å². The second kappa shape index (κ2) is 4.83. The molecule has 0 aromatic carbocycles. The molecule has 0 aromatic rings. The molecule has 0 N–H and O–H groups in total. The minimum atomic E-state index is -0.570. The van der Waals surface area contributed by atoms with Crippen molar-refractivity contribution in [3.8, 4) is 0 Å². The van der Waals surface area contributed by atoms with E-state index in [4.69, 9.17) is 9.47 Å². The number of nitrogens with zero attached hydrogens (tertiary/aromatic N) is 1. The highest BCUT2D eigenvalue weighted by molar-refractivity contribution is 8.00. The predicted molar refractivity (Wildman–Crippen MR) is 72.4 cm³/mol. The summed E-state index contributed by atoms with van der Waals surface area (Å²) in [6, 6.07) is 0. The molecule has 2 rings (SSSR count). The van der Waals surface area contributed by atoms with E-state index >= 15 is 0 Å². The van der Waals surface area contributed by atoms with Crippen LogP contribution in [0.3, 0.4) is 0 Å². The lowest BCUT2D eigenvalue weighted by atomic mass is 10.1. The number of hydrogen-bond donors (Lipinski definition) is 0. The first-order valence-corrected chi connectivity index (χ1v) is 7.21. The van der Waals surface area contributed by atoms with Gasteiger partial charge >= 0.3 is 5.97 Å². The summed E-state index contributed by atoms with van der Waals surface area (Å²) in [4.78, 5) is 25.7. The van der Waals surface area contributed by atoms with E-state index in [1.807, 2.05) is 27.7 Å². The van der Waals surface area contributed by atoms with Crippen LogP contribution in [0.1, 0.15) is 27.7 Å². The van der Waals surface area contributed by atoms with Crippen LogP contribution in [0, 0.1) is 0 Å². The first-order chi connectivity index (χ1) is 8.76. The molecule has 0 aliphatic carbocycles. The number of esters is 1. The molecule has 2 aliphatic heterocycles. The van der Waals surface area contributed by atoms with Crippen molar-refractivity contribution in [2.45, 2.75) is 44.8 Å². The van der Waals surface area contributed by atoms with Crippen molar-refractivity contribution in [1.29, 1.82) is 0 Å². The zero-order chi connectivity index (χ0) is 14.4. The number of rotatable bonds is 2. The number of methoxy groups -OCH3 is 1. The maximum Gasteiger partial charge on any atom is 0.355 e. The number of fused-ring (bicyclic) bond motifs is 1. The second-order valence-electron chi connectivity index (χ2n) is 5.70. The molecule has 0 radical (unpaired) electrons. The van der Waals surface area contributed by atoms with E-state index in [-0.39, 0.29) is 11.3 Å². The van der Waals surface area contributed by atoms with Crippen LogP contribution in [0.15, 0.2) is 11.3 Å². The molecular weight excluding hydrogens is 266 g/mol. The van der Waals surface area contributed by atoms with Crippen LogP contribution in [-0.2, 0) is 19.1 Å². The van der Waals surface area contributed by atoms with Gasteiger partial charge in [0.2, 0.25) is 0 Å². The number of amides is 1. The molecule has 1 saturated heterocycles. The topological polar surface area (TPSA) is 55.8 Å². The highest BCUT2D eigenvalue weighted by atomic mass is 32.2. The lowest BCUT2D eigenvalue weighted by Gasteiger charge is -2.48. The SMILES string of the molecule is CO[C@H]1C(=O)N2C(C(=O)OC(C)(C)C)=C(C)CSC12. The van der Waals surface area contributed by atoms with Crippen molar-refractivity contribution in [2.75, 3.05) is 12.9 Å². The standard InChI is InChI=1S/C13H19NO4S/c1-7-6-19-11-9(17-5)10(15)14(11)8(7)12(16)18-13(2,3)4/h9,11H,6H2,1-5H3/t9-,11?/m0/s1. The van der Waals surface area contributed by atoms with Crippen LogP contribution < -0.4 is 0 Å². The van der Waals surface area contributed by atoms with Crippen molar-refractivity contribution in [3.63, 3.8) is 0 Å². The molecule has 1 amide bonds. The monoisotopic (exact) mass is 285 g/mol. The fraction of sp³-hybridized carbons (Fsp3) is 0.692. The zero-order valence-electron chi connectivity index (χ0n) is 11.9. The maximum atomic E-state index is 12.2. The van der Waals surface area contributed by atoms with E-state index < -0.39 is 17.7 Å². The number of hydrogen-bond acceptors (Lipinski definition) is 5. The first kappa shape index (κ1) is 14.4. The molecule has 0 saturated carbocycles. The van der Waals surface area contributed by atoms with Gasteiger partial charge in [0.1, 0.15) is 16.7 Å². The predicted octanol–water partition coefficient (Wildman–Crippen LogP) is 1.53. The van der Waals surface area contributed by atoms with Gasteiger partial charge in [-0.1, -0.05) is 0 Å². The van der Waals surface area contributed by atoms with E-state index in [2.05, 4.69) is 0 Å². The van der Waals surface area contributed by atoms with E-state index in [0.717, 1.165) is 5.57 Å². The summed E-state index contributed by atoms with van der Waals surface area (Å²) in [6.07, 6.45) is -0.449. The summed E-state index contributed by atoms with van der Waals surface area (Å²) in [6.45, 7) is 7.29. The third-order valence-electron chi connectivity index (χ3n) is 2.96. The van der Waals surface area contributed by atoms with Crippen molar-refractivity contribution in [3.05, 3.63) is 11.3 Å². The third-order valence-corrected chi connectivity index (χ3v) is 4.36. The summed E-state index contributed by atoms with van der Waals surface area (Å²) in [7, 11) is 1.51. The van der Waals surface area contributed by atoms with Crippen LogP contribution in [0.4, 0.5) is 0 Å². The van der Waals surface area contributed by atoms with Gasteiger partial charge in [0, 0.05) is 12.9 Å². The van der Waals surface area contributed by atoms with Gasteiger partial charge in [0.05, 0.1) is 0 Å². The molecule has 106 valence electrons. The smallest absolute Gasteiger partial charge is 0.355 e. The normalized spacial score (nSPS) is 27.0. The minimum absolute atomic E-state index is 0.108. The second-order valence-corrected chi connectivity index (χ2v) is 6.80. The zero-order valence-corrected chi connectivity index (χ0v) is 12.7. The molecule has 0 bridgehead atoms. The highest BCUT2D eigenvalue weighted by Gasteiger charge is 2.53. The number of thioether (sulfide) groups is 1. The first-order valence-electron chi connectivity index (χ1n) is 6.17. The molecule has 2 heterocycles. The molecule has 0 aromatic heterocycles. The Balaban J connectivity index is 2.23. The fourth-order valence-corrected chi connectivity index (χ4v) is 3.46. The van der Waals surface area contributed by atoms with E-state index in [9.17, 15) is 9.59 Å². The Labute approximate surface area is 117 Å². The lowest BCUT2D eigenvalue weighted by Crippen LogP contribution is -2.65. The van der Waals surface area contributed by atoms with Gasteiger partial charge in [-0.2, -0.15) is 0 Å². The van der Waals surface area contributed by atoms with Crippen LogP contribution in [0.25, 0.3) is 0 Å². The van der Waals surface area contributed by atoms with Crippen molar-refractivity contribution in [2.24, 2.45) is 0 Å².